The van der Waals surface area contributed by atoms with Crippen LogP contribution in [0.4, 0.5) is 5.69 Å². The van der Waals surface area contributed by atoms with E-state index in [4.69, 9.17) is 14.2 Å². The minimum absolute atomic E-state index is 0.155. The van der Waals surface area contributed by atoms with Crippen molar-refractivity contribution in [3.05, 3.63) is 48.0 Å². The van der Waals surface area contributed by atoms with E-state index in [1.165, 1.54) is 12.8 Å². The van der Waals surface area contributed by atoms with Gasteiger partial charge in [0.25, 0.3) is 5.91 Å². The summed E-state index contributed by atoms with van der Waals surface area (Å²) in [6, 6.07) is 13.5. The van der Waals surface area contributed by atoms with Crippen LogP contribution in [0.1, 0.15) is 10.4 Å². The van der Waals surface area contributed by atoms with Crippen molar-refractivity contribution in [1.82, 2.24) is 10.2 Å². The molecule has 1 fully saturated rings. The Labute approximate surface area is 172 Å². The van der Waals surface area contributed by atoms with Gasteiger partial charge in [-0.05, 0) is 36.4 Å². The van der Waals surface area contributed by atoms with E-state index in [-0.39, 0.29) is 5.91 Å². The highest BCUT2D eigenvalue weighted by Gasteiger charge is 2.19. The van der Waals surface area contributed by atoms with Crippen LogP contribution in [0.3, 0.4) is 0 Å². The van der Waals surface area contributed by atoms with Crippen LogP contribution in [0.5, 0.6) is 17.2 Å². The minimum Gasteiger partial charge on any atom is -0.497 e. The maximum absolute atomic E-state index is 12.5. The molecule has 2 aromatic rings. The van der Waals surface area contributed by atoms with Crippen molar-refractivity contribution in [2.45, 2.75) is 0 Å². The zero-order valence-electron chi connectivity index (χ0n) is 17.3. The Balaban J connectivity index is 1.45. The lowest BCUT2D eigenvalue weighted by atomic mass is 10.1. The fourth-order valence-electron chi connectivity index (χ4n) is 3.51. The Kier molecular flexibility index (Phi) is 7.19. The molecule has 0 atom stereocenters. The first kappa shape index (κ1) is 20.8. The van der Waals surface area contributed by atoms with Gasteiger partial charge in [-0.2, -0.15) is 0 Å². The number of para-hydroxylation sites is 1. The summed E-state index contributed by atoms with van der Waals surface area (Å²) < 4.78 is 15.8. The number of piperazine rings is 1. The van der Waals surface area contributed by atoms with Crippen molar-refractivity contribution < 1.29 is 19.0 Å². The number of hydrogen-bond acceptors (Lipinski definition) is 6. The smallest absolute Gasteiger partial charge is 0.255 e. The number of carbonyl (C=O) groups excluding carboxylic acids is 1. The highest BCUT2D eigenvalue weighted by Crippen LogP contribution is 2.30. The van der Waals surface area contributed by atoms with Crippen molar-refractivity contribution in [2.75, 3.05) is 65.5 Å². The van der Waals surface area contributed by atoms with Gasteiger partial charge in [0.2, 0.25) is 0 Å². The standard InChI is InChI=1S/C22H29N3O4/c1-27-18-9-7-17(8-10-18)25-15-13-24(14-16-25)12-11-23-22(26)19-5-4-6-20(28-2)21(19)29-3/h4-10H,11-16H2,1-3H3,(H,23,26). The molecule has 3 rings (SSSR count). The molecule has 156 valence electrons. The summed E-state index contributed by atoms with van der Waals surface area (Å²) >= 11 is 0. The van der Waals surface area contributed by atoms with E-state index in [0.29, 0.717) is 23.6 Å². The molecular formula is C22H29N3O4. The number of nitrogens with one attached hydrogen (secondary N) is 1. The largest absolute Gasteiger partial charge is 0.497 e. The van der Waals surface area contributed by atoms with Gasteiger partial charge in [-0.1, -0.05) is 6.07 Å². The van der Waals surface area contributed by atoms with Gasteiger partial charge >= 0.3 is 0 Å². The number of benzene rings is 2. The molecule has 1 heterocycles. The predicted molar refractivity (Wildman–Crippen MR) is 114 cm³/mol. The maximum atomic E-state index is 12.5. The van der Waals surface area contributed by atoms with Gasteiger partial charge in [-0.15, -0.1) is 0 Å². The van der Waals surface area contributed by atoms with E-state index in [1.54, 1.807) is 32.4 Å². The molecule has 1 saturated heterocycles. The predicted octanol–water partition coefficient (Wildman–Crippen LogP) is 2.26. The summed E-state index contributed by atoms with van der Waals surface area (Å²) in [6.45, 7) is 5.25. The number of carbonyl (C=O) groups is 1. The topological polar surface area (TPSA) is 63.3 Å². The summed E-state index contributed by atoms with van der Waals surface area (Å²) in [5.41, 5.74) is 1.69. The molecule has 0 saturated carbocycles. The van der Waals surface area contributed by atoms with Crippen molar-refractivity contribution in [2.24, 2.45) is 0 Å². The quantitative estimate of drug-likeness (QED) is 0.735. The lowest BCUT2D eigenvalue weighted by Gasteiger charge is -2.36. The van der Waals surface area contributed by atoms with Gasteiger partial charge in [-0.3, -0.25) is 9.69 Å². The molecule has 0 bridgehead atoms. The number of amides is 1. The fourth-order valence-corrected chi connectivity index (χ4v) is 3.51. The first-order chi connectivity index (χ1) is 14.2. The van der Waals surface area contributed by atoms with Crippen LogP contribution in [0.15, 0.2) is 42.5 Å². The van der Waals surface area contributed by atoms with Gasteiger partial charge in [-0.25, -0.2) is 0 Å². The molecule has 1 aliphatic heterocycles. The van der Waals surface area contributed by atoms with E-state index in [1.807, 2.05) is 12.1 Å². The average molecular weight is 399 g/mol. The summed E-state index contributed by atoms with van der Waals surface area (Å²) in [6.07, 6.45) is 0. The number of rotatable bonds is 8. The van der Waals surface area contributed by atoms with E-state index in [0.717, 1.165) is 38.5 Å². The van der Waals surface area contributed by atoms with Gasteiger partial charge in [0.15, 0.2) is 11.5 Å². The molecule has 1 aliphatic rings. The summed E-state index contributed by atoms with van der Waals surface area (Å²) in [5, 5.41) is 2.98. The third-order valence-corrected chi connectivity index (χ3v) is 5.17. The molecule has 29 heavy (non-hydrogen) atoms. The van der Waals surface area contributed by atoms with Gasteiger partial charge in [0.1, 0.15) is 5.75 Å². The van der Waals surface area contributed by atoms with E-state index in [2.05, 4.69) is 27.2 Å². The van der Waals surface area contributed by atoms with E-state index < -0.39 is 0 Å². The molecule has 0 aromatic heterocycles. The Morgan fingerprint density at radius 1 is 0.931 bits per heavy atom. The monoisotopic (exact) mass is 399 g/mol. The number of nitrogens with zero attached hydrogens (tertiary/aromatic N) is 2. The first-order valence-electron chi connectivity index (χ1n) is 9.76. The summed E-state index contributed by atoms with van der Waals surface area (Å²) in [7, 11) is 4.78. The maximum Gasteiger partial charge on any atom is 0.255 e. The van der Waals surface area contributed by atoms with Gasteiger partial charge in [0.05, 0.1) is 26.9 Å². The Morgan fingerprint density at radius 3 is 2.28 bits per heavy atom. The number of hydrogen-bond donors (Lipinski definition) is 1. The molecular weight excluding hydrogens is 370 g/mol. The molecule has 0 spiro atoms. The van der Waals surface area contributed by atoms with Crippen molar-refractivity contribution >= 4 is 11.6 Å². The second kappa shape index (κ2) is 10.0. The van der Waals surface area contributed by atoms with E-state index in [9.17, 15) is 4.79 Å². The van der Waals surface area contributed by atoms with Crippen LogP contribution in [-0.2, 0) is 0 Å². The Hall–Kier alpha value is -2.93. The third kappa shape index (κ3) is 5.12. The molecule has 1 N–H and O–H groups in total. The minimum atomic E-state index is -0.155. The van der Waals surface area contributed by atoms with Crippen LogP contribution in [-0.4, -0.2) is 71.4 Å². The number of ether oxygens (including phenoxy) is 3. The normalized spacial score (nSPS) is 14.4. The second-order valence-corrected chi connectivity index (χ2v) is 6.82. The molecule has 1 amide bonds. The van der Waals surface area contributed by atoms with Crippen molar-refractivity contribution in [3.63, 3.8) is 0 Å². The van der Waals surface area contributed by atoms with Crippen LogP contribution < -0.4 is 24.4 Å². The molecule has 7 heteroatoms. The lowest BCUT2D eigenvalue weighted by Crippen LogP contribution is -2.48. The van der Waals surface area contributed by atoms with Crippen LogP contribution in [0.2, 0.25) is 0 Å². The molecule has 0 radical (unpaired) electrons. The zero-order valence-corrected chi connectivity index (χ0v) is 17.3. The Bertz CT molecular complexity index is 802. The Morgan fingerprint density at radius 2 is 1.66 bits per heavy atom. The third-order valence-electron chi connectivity index (χ3n) is 5.17. The highest BCUT2D eigenvalue weighted by molar-refractivity contribution is 5.97. The average Bonchev–Trinajstić information content (AvgIpc) is 2.78. The van der Waals surface area contributed by atoms with Crippen LogP contribution >= 0.6 is 0 Å². The molecule has 0 unspecified atom stereocenters. The highest BCUT2D eigenvalue weighted by atomic mass is 16.5. The first-order valence-corrected chi connectivity index (χ1v) is 9.76. The molecule has 0 aliphatic carbocycles. The fraction of sp³-hybridized carbons (Fsp3) is 0.409. The zero-order chi connectivity index (χ0) is 20.6. The lowest BCUT2D eigenvalue weighted by molar-refractivity contribution is 0.0944. The van der Waals surface area contributed by atoms with Crippen LogP contribution in [0, 0.1) is 0 Å². The SMILES string of the molecule is COc1ccc(N2CCN(CCNC(=O)c3cccc(OC)c3OC)CC2)cc1. The molecule has 2 aromatic carbocycles. The van der Waals surface area contributed by atoms with Crippen LogP contribution in [0.25, 0.3) is 0 Å². The summed E-state index contributed by atoms with van der Waals surface area (Å²) in [5.74, 6) is 1.73. The number of methoxy groups -OCH3 is 3. The second-order valence-electron chi connectivity index (χ2n) is 6.82. The summed E-state index contributed by atoms with van der Waals surface area (Å²) in [4.78, 5) is 17.3. The van der Waals surface area contributed by atoms with Gasteiger partial charge in [0, 0.05) is 45.0 Å². The van der Waals surface area contributed by atoms with Gasteiger partial charge < -0.3 is 24.4 Å². The van der Waals surface area contributed by atoms with E-state index >= 15 is 0 Å². The van der Waals surface area contributed by atoms with Crippen molar-refractivity contribution in [1.29, 1.82) is 0 Å². The molecule has 7 nitrogen and oxygen atoms in total. The van der Waals surface area contributed by atoms with Crippen molar-refractivity contribution in [3.8, 4) is 17.2 Å². The number of anilines is 1.